The summed E-state index contributed by atoms with van der Waals surface area (Å²) >= 11 is 0. The first-order valence-electron chi connectivity index (χ1n) is 0.651. The van der Waals surface area contributed by atoms with Crippen molar-refractivity contribution in [2.75, 3.05) is 0 Å². The molecule has 0 aromatic heterocycles. The van der Waals surface area contributed by atoms with Gasteiger partial charge in [-0.1, -0.05) is 0 Å². The minimum absolute atomic E-state index is 0. The Hall–Kier alpha value is 1.95. The molecule has 0 rings (SSSR count). The molecular formula is CH3ClLa2O3. The molecule has 0 aromatic carbocycles. The van der Waals surface area contributed by atoms with Gasteiger partial charge in [-0.15, -0.1) is 12.4 Å². The summed E-state index contributed by atoms with van der Waals surface area (Å²) in [5.74, 6) is 0. The summed E-state index contributed by atoms with van der Waals surface area (Å²) in [6.07, 6.45) is -1.83. The van der Waals surface area contributed by atoms with Gasteiger partial charge >= 0.3 is 6.16 Å². The molecule has 0 aliphatic rings. The Morgan fingerprint density at radius 2 is 1.14 bits per heavy atom. The van der Waals surface area contributed by atoms with Gasteiger partial charge in [-0.3, -0.25) is 0 Å². The minimum atomic E-state index is -1.83. The van der Waals surface area contributed by atoms with Gasteiger partial charge in [0.2, 0.25) is 0 Å². The summed E-state index contributed by atoms with van der Waals surface area (Å²) in [4.78, 5) is 8.56. The maximum Gasteiger partial charge on any atom is 0.503 e. The van der Waals surface area contributed by atoms with E-state index in [9.17, 15) is 0 Å². The summed E-state index contributed by atoms with van der Waals surface area (Å²) in [5.41, 5.74) is 0. The van der Waals surface area contributed by atoms with Crippen molar-refractivity contribution in [2.45, 2.75) is 0 Å². The summed E-state index contributed by atoms with van der Waals surface area (Å²) in [7, 11) is 0. The third-order valence-corrected chi connectivity index (χ3v) is 0. The van der Waals surface area contributed by atoms with Crippen molar-refractivity contribution in [1.29, 1.82) is 0 Å². The van der Waals surface area contributed by atoms with Crippen LogP contribution in [-0.2, 0) is 0 Å². The van der Waals surface area contributed by atoms with Crippen molar-refractivity contribution >= 4 is 18.6 Å². The smallest absolute Gasteiger partial charge is 0.450 e. The summed E-state index contributed by atoms with van der Waals surface area (Å²) < 4.78 is 0. The van der Waals surface area contributed by atoms with E-state index in [0.717, 1.165) is 0 Å². The molecule has 0 aliphatic heterocycles. The molecule has 0 atom stereocenters. The van der Waals surface area contributed by atoms with Crippen LogP contribution < -0.4 is 0 Å². The fourth-order valence-electron chi connectivity index (χ4n) is 0. The van der Waals surface area contributed by atoms with E-state index in [4.69, 9.17) is 15.0 Å². The zero-order valence-corrected chi connectivity index (χ0v) is 11.4. The van der Waals surface area contributed by atoms with E-state index >= 15 is 0 Å². The maximum absolute atomic E-state index is 8.56. The van der Waals surface area contributed by atoms with Crippen LogP contribution in [0.2, 0.25) is 0 Å². The third-order valence-electron chi connectivity index (χ3n) is 0. The number of hydrogen-bond acceptors (Lipinski definition) is 1. The van der Waals surface area contributed by atoms with Crippen molar-refractivity contribution in [1.82, 2.24) is 0 Å². The van der Waals surface area contributed by atoms with Gasteiger partial charge in [0.25, 0.3) is 0 Å². The van der Waals surface area contributed by atoms with E-state index in [1.54, 1.807) is 0 Å². The van der Waals surface area contributed by atoms with Crippen LogP contribution >= 0.6 is 12.4 Å². The third kappa shape index (κ3) is 74.0. The Labute approximate surface area is 103 Å². The predicted molar refractivity (Wildman–Crippen MR) is 17.9 cm³/mol. The molecule has 0 saturated heterocycles. The molecule has 38 valence electrons. The van der Waals surface area contributed by atoms with Crippen LogP contribution in [0.4, 0.5) is 4.79 Å². The van der Waals surface area contributed by atoms with E-state index in [0.29, 0.717) is 0 Å². The molecule has 0 aliphatic carbocycles. The molecule has 0 fully saturated rings. The molecule has 0 bridgehead atoms. The quantitative estimate of drug-likeness (QED) is 0.653. The van der Waals surface area contributed by atoms with Crippen LogP contribution in [0, 0.1) is 71.2 Å². The van der Waals surface area contributed by atoms with Crippen molar-refractivity contribution in [3.63, 3.8) is 0 Å². The molecule has 0 heterocycles. The fraction of sp³-hybridized carbons (Fsp3) is 0. The molecule has 0 spiro atoms. The Bertz CT molecular complexity index is 35.9. The molecule has 0 unspecified atom stereocenters. The normalized spacial score (nSPS) is 3.43. The van der Waals surface area contributed by atoms with E-state index < -0.39 is 6.16 Å². The SMILES string of the molecule is Cl.O=C(O)O.[La].[La]. The predicted octanol–water partition coefficient (Wildman–Crippen LogP) is 0.644. The number of rotatable bonds is 0. The first-order chi connectivity index (χ1) is 1.73. The van der Waals surface area contributed by atoms with Crippen molar-refractivity contribution in [3.8, 4) is 0 Å². The Balaban J connectivity index is -0.0000000150. The van der Waals surface area contributed by atoms with Crippen molar-refractivity contribution < 1.29 is 86.2 Å². The van der Waals surface area contributed by atoms with E-state index in [1.165, 1.54) is 0 Å². The van der Waals surface area contributed by atoms with Gasteiger partial charge in [-0.2, -0.15) is 0 Å². The van der Waals surface area contributed by atoms with Gasteiger partial charge < -0.3 is 10.2 Å². The van der Waals surface area contributed by atoms with Gasteiger partial charge in [0.1, 0.15) is 0 Å². The van der Waals surface area contributed by atoms with E-state index in [2.05, 4.69) is 0 Å². The summed E-state index contributed by atoms with van der Waals surface area (Å²) in [5, 5.41) is 13.9. The van der Waals surface area contributed by atoms with Crippen molar-refractivity contribution in [2.24, 2.45) is 0 Å². The van der Waals surface area contributed by atoms with E-state index in [-0.39, 0.29) is 83.6 Å². The second-order valence-electron chi connectivity index (χ2n) is 0.283. The zero-order chi connectivity index (χ0) is 3.58. The van der Waals surface area contributed by atoms with Crippen LogP contribution in [-0.4, -0.2) is 16.4 Å². The molecule has 7 heavy (non-hydrogen) atoms. The molecule has 2 N–H and O–H groups in total. The molecule has 0 aromatic rings. The first-order valence-corrected chi connectivity index (χ1v) is 0.651. The van der Waals surface area contributed by atoms with Crippen LogP contribution in [0.3, 0.4) is 0 Å². The molecule has 2 radical (unpaired) electrons. The van der Waals surface area contributed by atoms with Gasteiger partial charge in [-0.05, 0) is 0 Å². The average molecular weight is 376 g/mol. The zero-order valence-electron chi connectivity index (χ0n) is 3.37. The maximum atomic E-state index is 8.56. The fourth-order valence-corrected chi connectivity index (χ4v) is 0. The molecule has 6 heteroatoms. The molecule has 0 saturated carbocycles. The second-order valence-corrected chi connectivity index (χ2v) is 0.283. The summed E-state index contributed by atoms with van der Waals surface area (Å²) in [6, 6.07) is 0. The monoisotopic (exact) mass is 376 g/mol. The number of halogens is 1. The van der Waals surface area contributed by atoms with Gasteiger partial charge in [0.15, 0.2) is 0 Å². The average Bonchev–Trinajstić information content (AvgIpc) is 0.811. The number of hydrogen-bond donors (Lipinski definition) is 2. The van der Waals surface area contributed by atoms with E-state index in [1.807, 2.05) is 0 Å². The van der Waals surface area contributed by atoms with Gasteiger partial charge in [-0.25, -0.2) is 4.79 Å². The number of carboxylic acid groups (broad SMARTS) is 2. The van der Waals surface area contributed by atoms with Crippen LogP contribution in [0.15, 0.2) is 0 Å². The van der Waals surface area contributed by atoms with Crippen LogP contribution in [0.5, 0.6) is 0 Å². The molecule has 3 nitrogen and oxygen atoms in total. The molecular weight excluding hydrogens is 373 g/mol. The molecule has 0 amide bonds. The summed E-state index contributed by atoms with van der Waals surface area (Å²) in [6.45, 7) is 0. The minimum Gasteiger partial charge on any atom is -0.450 e. The number of carbonyl (C=O) groups is 1. The Morgan fingerprint density at radius 1 is 1.14 bits per heavy atom. The van der Waals surface area contributed by atoms with Crippen molar-refractivity contribution in [3.05, 3.63) is 0 Å². The first kappa shape index (κ1) is 23.1. The Morgan fingerprint density at radius 3 is 1.14 bits per heavy atom. The topological polar surface area (TPSA) is 57.5 Å². The van der Waals surface area contributed by atoms with Crippen LogP contribution in [0.25, 0.3) is 0 Å². The Kier molecular flexibility index (Phi) is 51.7. The van der Waals surface area contributed by atoms with Gasteiger partial charge in [0.05, 0.1) is 0 Å². The largest absolute Gasteiger partial charge is 0.503 e. The standard InChI is InChI=1S/CH2O3.ClH.2La/c2-1(3)4;;;/h(H2,2,3,4);1H;;. The van der Waals surface area contributed by atoms with Crippen LogP contribution in [0.1, 0.15) is 0 Å². The second kappa shape index (κ2) is 15.7. The van der Waals surface area contributed by atoms with Gasteiger partial charge in [0, 0.05) is 71.2 Å².